The van der Waals surface area contributed by atoms with Crippen molar-refractivity contribution in [3.05, 3.63) is 0 Å². The zero-order chi connectivity index (χ0) is 15.8. The van der Waals surface area contributed by atoms with E-state index in [4.69, 9.17) is 0 Å². The molecule has 1 aliphatic heterocycles. The van der Waals surface area contributed by atoms with Gasteiger partial charge in [-0.25, -0.2) is 0 Å². The van der Waals surface area contributed by atoms with Crippen molar-refractivity contribution in [1.29, 1.82) is 0 Å². The van der Waals surface area contributed by atoms with E-state index in [0.717, 1.165) is 12.3 Å². The van der Waals surface area contributed by atoms with Crippen molar-refractivity contribution in [3.8, 4) is 0 Å². The van der Waals surface area contributed by atoms with Crippen LogP contribution in [0, 0.1) is 11.8 Å². The summed E-state index contributed by atoms with van der Waals surface area (Å²) >= 11 is 0. The Hall–Kier alpha value is -1.06. The van der Waals surface area contributed by atoms with Crippen LogP contribution in [0.4, 0.5) is 0 Å². The first-order valence-corrected chi connectivity index (χ1v) is 8.51. The Morgan fingerprint density at radius 1 is 1.19 bits per heavy atom. The van der Waals surface area contributed by atoms with Crippen LogP contribution in [0.1, 0.15) is 66.7 Å². The van der Waals surface area contributed by atoms with Gasteiger partial charge in [0.25, 0.3) is 0 Å². The molecule has 120 valence electrons. The number of hydrogen-bond donors (Lipinski definition) is 1. The average molecular weight is 294 g/mol. The highest BCUT2D eigenvalue weighted by atomic mass is 16.2. The van der Waals surface area contributed by atoms with Crippen LogP contribution in [0.15, 0.2) is 0 Å². The zero-order valence-electron chi connectivity index (χ0n) is 14.1. The van der Waals surface area contributed by atoms with Crippen LogP contribution in [-0.4, -0.2) is 34.3 Å². The fourth-order valence-corrected chi connectivity index (χ4v) is 3.64. The largest absolute Gasteiger partial charge is 0.340 e. The van der Waals surface area contributed by atoms with Gasteiger partial charge in [-0.2, -0.15) is 0 Å². The second kappa shape index (κ2) is 5.98. The van der Waals surface area contributed by atoms with Crippen LogP contribution in [0.2, 0.25) is 0 Å². The summed E-state index contributed by atoms with van der Waals surface area (Å²) in [5.41, 5.74) is -0.694. The number of nitrogens with one attached hydrogen (secondary N) is 1. The molecule has 2 atom stereocenters. The first kappa shape index (κ1) is 16.3. The number of rotatable bonds is 6. The summed E-state index contributed by atoms with van der Waals surface area (Å²) in [4.78, 5) is 27.7. The Morgan fingerprint density at radius 2 is 1.76 bits per heavy atom. The molecule has 0 bridgehead atoms. The number of piperazine rings is 1. The number of hydrogen-bond acceptors (Lipinski definition) is 2. The molecule has 21 heavy (non-hydrogen) atoms. The number of carbonyl (C=O) groups excluding carboxylic acids is 2. The fourth-order valence-electron chi connectivity index (χ4n) is 3.64. The molecule has 0 aromatic heterocycles. The van der Waals surface area contributed by atoms with E-state index in [1.165, 1.54) is 12.8 Å². The van der Waals surface area contributed by atoms with Crippen LogP contribution >= 0.6 is 0 Å². The molecular weight excluding hydrogens is 264 g/mol. The number of nitrogens with zero attached hydrogens (tertiary/aromatic N) is 1. The van der Waals surface area contributed by atoms with Crippen molar-refractivity contribution in [2.24, 2.45) is 11.8 Å². The van der Waals surface area contributed by atoms with Crippen molar-refractivity contribution in [3.63, 3.8) is 0 Å². The maximum atomic E-state index is 13.1. The van der Waals surface area contributed by atoms with Crippen molar-refractivity contribution in [2.75, 3.05) is 0 Å². The van der Waals surface area contributed by atoms with Crippen molar-refractivity contribution in [1.82, 2.24) is 10.2 Å². The van der Waals surface area contributed by atoms with Crippen molar-refractivity contribution >= 4 is 11.8 Å². The quantitative estimate of drug-likeness (QED) is 0.819. The van der Waals surface area contributed by atoms with E-state index in [1.54, 1.807) is 0 Å². The first-order chi connectivity index (χ1) is 9.86. The Morgan fingerprint density at radius 3 is 2.19 bits per heavy atom. The van der Waals surface area contributed by atoms with E-state index in [0.29, 0.717) is 12.8 Å². The molecule has 0 spiro atoms. The minimum Gasteiger partial charge on any atom is -0.340 e. The normalized spacial score (nSPS) is 27.0. The maximum absolute atomic E-state index is 13.1. The molecule has 4 nitrogen and oxygen atoms in total. The number of carbonyl (C=O) groups is 2. The Bertz CT molecular complexity index is 411. The summed E-state index contributed by atoms with van der Waals surface area (Å²) in [5, 5.41) is 3.03. The number of amides is 2. The molecule has 2 fully saturated rings. The standard InChI is InChI=1S/C17H30N2O2/c1-6-17(7-2)16(21)19(12(5)10-13-8-9-13)14(11(3)4)15(20)18-17/h11-14H,6-10H2,1-5H3,(H,18,20). The molecule has 1 aliphatic carbocycles. The molecule has 2 amide bonds. The van der Waals surface area contributed by atoms with E-state index in [9.17, 15) is 9.59 Å². The predicted octanol–water partition coefficient (Wildman–Crippen LogP) is 2.72. The molecule has 1 saturated carbocycles. The summed E-state index contributed by atoms with van der Waals surface area (Å²) in [5.74, 6) is 1.04. The molecule has 2 unspecified atom stereocenters. The topological polar surface area (TPSA) is 49.4 Å². The van der Waals surface area contributed by atoms with Gasteiger partial charge in [0.15, 0.2) is 0 Å². The third kappa shape index (κ3) is 2.95. The van der Waals surface area contributed by atoms with Crippen molar-refractivity contribution in [2.45, 2.75) is 84.3 Å². The van der Waals surface area contributed by atoms with Gasteiger partial charge in [-0.05, 0) is 38.0 Å². The van der Waals surface area contributed by atoms with Gasteiger partial charge in [-0.3, -0.25) is 9.59 Å². The van der Waals surface area contributed by atoms with Gasteiger partial charge in [0.05, 0.1) is 0 Å². The first-order valence-electron chi connectivity index (χ1n) is 8.51. The lowest BCUT2D eigenvalue weighted by atomic mass is 9.83. The monoisotopic (exact) mass is 294 g/mol. The van der Waals surface area contributed by atoms with Gasteiger partial charge in [-0.1, -0.05) is 40.5 Å². The Balaban J connectivity index is 2.31. The van der Waals surface area contributed by atoms with E-state index < -0.39 is 5.54 Å². The Labute approximate surface area is 128 Å². The summed E-state index contributed by atoms with van der Waals surface area (Å²) < 4.78 is 0. The van der Waals surface area contributed by atoms with Crippen LogP contribution in [0.5, 0.6) is 0 Å². The van der Waals surface area contributed by atoms with Gasteiger partial charge in [0, 0.05) is 6.04 Å². The molecule has 1 saturated heterocycles. The van der Waals surface area contributed by atoms with Crippen LogP contribution in [0.3, 0.4) is 0 Å². The molecule has 1 N–H and O–H groups in total. The third-order valence-electron chi connectivity index (χ3n) is 5.26. The highest BCUT2D eigenvalue weighted by molar-refractivity contribution is 6.00. The Kier molecular flexibility index (Phi) is 4.64. The zero-order valence-corrected chi connectivity index (χ0v) is 14.1. The van der Waals surface area contributed by atoms with Gasteiger partial charge < -0.3 is 10.2 Å². The highest BCUT2D eigenvalue weighted by Crippen LogP contribution is 2.37. The van der Waals surface area contributed by atoms with E-state index in [-0.39, 0.29) is 29.8 Å². The lowest BCUT2D eigenvalue weighted by Gasteiger charge is -2.49. The van der Waals surface area contributed by atoms with Crippen LogP contribution in [-0.2, 0) is 9.59 Å². The lowest BCUT2D eigenvalue weighted by molar-refractivity contribution is -0.160. The average Bonchev–Trinajstić information content (AvgIpc) is 3.23. The molecular formula is C17H30N2O2. The van der Waals surface area contributed by atoms with Gasteiger partial charge >= 0.3 is 0 Å². The van der Waals surface area contributed by atoms with E-state index in [2.05, 4.69) is 12.2 Å². The minimum atomic E-state index is -0.694. The molecule has 2 aliphatic rings. The molecule has 0 aromatic rings. The lowest BCUT2D eigenvalue weighted by Crippen LogP contribution is -2.72. The summed E-state index contributed by atoms with van der Waals surface area (Å²) in [6, 6.07) is -0.168. The van der Waals surface area contributed by atoms with Gasteiger partial charge in [0.1, 0.15) is 11.6 Å². The van der Waals surface area contributed by atoms with Crippen LogP contribution < -0.4 is 5.32 Å². The minimum absolute atomic E-state index is 0.0240. The second-order valence-corrected chi connectivity index (χ2v) is 7.21. The fraction of sp³-hybridized carbons (Fsp3) is 0.882. The summed E-state index contributed by atoms with van der Waals surface area (Å²) in [6.07, 6.45) is 4.90. The third-order valence-corrected chi connectivity index (χ3v) is 5.26. The second-order valence-electron chi connectivity index (χ2n) is 7.21. The van der Waals surface area contributed by atoms with Crippen molar-refractivity contribution < 1.29 is 9.59 Å². The summed E-state index contributed by atoms with van der Waals surface area (Å²) in [7, 11) is 0. The highest BCUT2D eigenvalue weighted by Gasteiger charge is 2.51. The smallest absolute Gasteiger partial charge is 0.249 e. The van der Waals surface area contributed by atoms with E-state index in [1.807, 2.05) is 32.6 Å². The van der Waals surface area contributed by atoms with E-state index >= 15 is 0 Å². The van der Waals surface area contributed by atoms with Gasteiger partial charge in [0.2, 0.25) is 11.8 Å². The molecule has 0 aromatic carbocycles. The van der Waals surface area contributed by atoms with Gasteiger partial charge in [-0.15, -0.1) is 0 Å². The molecule has 2 rings (SSSR count). The predicted molar refractivity (Wildman–Crippen MR) is 83.7 cm³/mol. The SMILES string of the molecule is CCC1(CC)NC(=O)C(C(C)C)N(C(C)CC2CC2)C1=O. The maximum Gasteiger partial charge on any atom is 0.249 e. The van der Waals surface area contributed by atoms with Crippen LogP contribution in [0.25, 0.3) is 0 Å². The molecule has 4 heteroatoms. The molecule has 1 heterocycles. The molecule has 0 radical (unpaired) electrons. The summed E-state index contributed by atoms with van der Waals surface area (Å²) in [6.45, 7) is 10.1.